The number of likely N-dealkylation sites (tertiary alicyclic amines) is 1. The molecule has 1 saturated heterocycles. The van der Waals surface area contributed by atoms with Gasteiger partial charge in [0.2, 0.25) is 5.91 Å². The van der Waals surface area contributed by atoms with Crippen molar-refractivity contribution in [3.8, 4) is 11.5 Å². The lowest BCUT2D eigenvalue weighted by Gasteiger charge is -2.35. The largest absolute Gasteiger partial charge is 0.486 e. The van der Waals surface area contributed by atoms with E-state index >= 15 is 0 Å². The zero-order valence-corrected chi connectivity index (χ0v) is 16.9. The van der Waals surface area contributed by atoms with Crippen molar-refractivity contribution in [2.24, 2.45) is 0 Å². The molecule has 0 aliphatic carbocycles. The van der Waals surface area contributed by atoms with Crippen LogP contribution >= 0.6 is 0 Å². The summed E-state index contributed by atoms with van der Waals surface area (Å²) in [5.41, 5.74) is 2.27. The predicted molar refractivity (Wildman–Crippen MR) is 114 cm³/mol. The highest BCUT2D eigenvalue weighted by Crippen LogP contribution is 2.30. The third-order valence-corrected chi connectivity index (χ3v) is 5.73. The fourth-order valence-electron chi connectivity index (χ4n) is 4.18. The van der Waals surface area contributed by atoms with Crippen molar-refractivity contribution in [2.45, 2.75) is 38.1 Å². The van der Waals surface area contributed by atoms with Gasteiger partial charge in [0.05, 0.1) is 6.42 Å². The van der Waals surface area contributed by atoms with E-state index in [9.17, 15) is 4.79 Å². The maximum Gasteiger partial charge on any atom is 0.224 e. The molecule has 2 aliphatic rings. The lowest BCUT2D eigenvalue weighted by molar-refractivity contribution is -0.120. The summed E-state index contributed by atoms with van der Waals surface area (Å²) in [6, 6.07) is 16.7. The second kappa shape index (κ2) is 9.79. The summed E-state index contributed by atoms with van der Waals surface area (Å²) in [5, 5.41) is 3.18. The quantitative estimate of drug-likeness (QED) is 0.784. The summed E-state index contributed by atoms with van der Waals surface area (Å²) in [7, 11) is 0. The molecule has 154 valence electrons. The first-order valence-electron chi connectivity index (χ1n) is 10.7. The number of benzene rings is 2. The van der Waals surface area contributed by atoms with E-state index in [1.54, 1.807) is 0 Å². The van der Waals surface area contributed by atoms with Gasteiger partial charge in [0.1, 0.15) is 13.2 Å². The van der Waals surface area contributed by atoms with Crippen LogP contribution in [-0.2, 0) is 17.6 Å². The number of hydrogen-bond donors (Lipinski definition) is 1. The topological polar surface area (TPSA) is 50.8 Å². The molecule has 5 nitrogen and oxygen atoms in total. The number of nitrogens with one attached hydrogen (secondary N) is 1. The Kier molecular flexibility index (Phi) is 6.67. The molecule has 5 heteroatoms. The van der Waals surface area contributed by atoms with Crippen LogP contribution in [0.15, 0.2) is 48.5 Å². The summed E-state index contributed by atoms with van der Waals surface area (Å²) < 4.78 is 11.2. The van der Waals surface area contributed by atoms with E-state index in [0.717, 1.165) is 36.6 Å². The Morgan fingerprint density at radius 1 is 0.931 bits per heavy atom. The molecule has 1 fully saturated rings. The third-order valence-electron chi connectivity index (χ3n) is 5.73. The molecular formula is C24H30N2O3. The van der Waals surface area contributed by atoms with Gasteiger partial charge in [-0.05, 0) is 55.6 Å². The number of amides is 1. The van der Waals surface area contributed by atoms with E-state index in [0.29, 0.717) is 32.2 Å². The van der Waals surface area contributed by atoms with E-state index in [2.05, 4.69) is 40.5 Å². The number of carbonyl (C=O) groups is 1. The normalized spacial score (nSPS) is 17.5. The van der Waals surface area contributed by atoms with E-state index in [4.69, 9.17) is 9.47 Å². The Balaban J connectivity index is 1.35. The number of ether oxygens (including phenoxy) is 2. The van der Waals surface area contributed by atoms with Crippen LogP contribution in [0, 0.1) is 0 Å². The first-order valence-corrected chi connectivity index (χ1v) is 10.7. The lowest BCUT2D eigenvalue weighted by atomic mass is 10.0. The van der Waals surface area contributed by atoms with Gasteiger partial charge in [-0.3, -0.25) is 9.69 Å². The summed E-state index contributed by atoms with van der Waals surface area (Å²) in [4.78, 5) is 15.2. The summed E-state index contributed by atoms with van der Waals surface area (Å²) in [5.74, 6) is 1.54. The highest BCUT2D eigenvalue weighted by atomic mass is 16.6. The molecule has 1 N–H and O–H groups in total. The average molecular weight is 395 g/mol. The second-order valence-corrected chi connectivity index (χ2v) is 7.90. The van der Waals surface area contributed by atoms with Gasteiger partial charge >= 0.3 is 0 Å². The van der Waals surface area contributed by atoms with Gasteiger partial charge in [-0.2, -0.15) is 0 Å². The molecular weight excluding hydrogens is 364 g/mol. The van der Waals surface area contributed by atoms with Gasteiger partial charge in [0.15, 0.2) is 11.5 Å². The van der Waals surface area contributed by atoms with Gasteiger partial charge in [-0.15, -0.1) is 0 Å². The standard InChI is InChI=1S/C24H30N2O3/c27-24(17-20-9-10-22-23(16-20)29-14-13-28-22)25-18-21(26-11-5-2-6-12-26)15-19-7-3-1-4-8-19/h1,3-4,7-10,16,21H,2,5-6,11-15,17-18H2,(H,25,27). The van der Waals surface area contributed by atoms with Crippen LogP contribution in [0.4, 0.5) is 0 Å². The Labute approximate surface area is 173 Å². The number of carbonyl (C=O) groups excluding carboxylic acids is 1. The van der Waals surface area contributed by atoms with E-state index in [1.807, 2.05) is 18.2 Å². The minimum absolute atomic E-state index is 0.0525. The summed E-state index contributed by atoms with van der Waals surface area (Å²) in [6.07, 6.45) is 5.12. The fraction of sp³-hybridized carbons (Fsp3) is 0.458. The van der Waals surface area contributed by atoms with Gasteiger partial charge in [-0.1, -0.05) is 42.8 Å². The zero-order valence-electron chi connectivity index (χ0n) is 16.9. The summed E-state index contributed by atoms with van der Waals surface area (Å²) >= 11 is 0. The first kappa shape index (κ1) is 19.8. The number of fused-ring (bicyclic) bond motifs is 1. The average Bonchev–Trinajstić information content (AvgIpc) is 2.78. The molecule has 4 rings (SSSR count). The van der Waals surface area contributed by atoms with Crippen LogP contribution in [-0.4, -0.2) is 49.7 Å². The van der Waals surface area contributed by atoms with E-state index in [-0.39, 0.29) is 5.91 Å². The molecule has 0 spiro atoms. The molecule has 1 amide bonds. The van der Waals surface area contributed by atoms with Gasteiger partial charge < -0.3 is 14.8 Å². The van der Waals surface area contributed by atoms with Crippen LogP contribution in [0.1, 0.15) is 30.4 Å². The van der Waals surface area contributed by atoms with E-state index in [1.165, 1.54) is 24.8 Å². The molecule has 0 saturated carbocycles. The zero-order chi connectivity index (χ0) is 19.9. The second-order valence-electron chi connectivity index (χ2n) is 7.90. The molecule has 0 aromatic heterocycles. The van der Waals surface area contributed by atoms with Crippen LogP contribution in [0.3, 0.4) is 0 Å². The van der Waals surface area contributed by atoms with Gasteiger partial charge in [0, 0.05) is 12.6 Å². The Hall–Kier alpha value is -2.53. The lowest BCUT2D eigenvalue weighted by Crippen LogP contribution is -2.47. The van der Waals surface area contributed by atoms with Gasteiger partial charge in [0.25, 0.3) is 0 Å². The van der Waals surface area contributed by atoms with Crippen molar-refractivity contribution in [2.75, 3.05) is 32.8 Å². The minimum atomic E-state index is 0.0525. The van der Waals surface area contributed by atoms with Crippen LogP contribution in [0.5, 0.6) is 11.5 Å². The molecule has 2 aromatic rings. The maximum absolute atomic E-state index is 12.6. The molecule has 0 radical (unpaired) electrons. The van der Waals surface area contributed by atoms with Crippen molar-refractivity contribution >= 4 is 5.91 Å². The molecule has 2 aliphatic heterocycles. The summed E-state index contributed by atoms with van der Waals surface area (Å²) in [6.45, 7) is 4.05. The van der Waals surface area contributed by atoms with Crippen molar-refractivity contribution < 1.29 is 14.3 Å². The Bertz CT molecular complexity index is 803. The maximum atomic E-state index is 12.6. The first-order chi connectivity index (χ1) is 14.3. The number of nitrogens with zero attached hydrogens (tertiary/aromatic N) is 1. The molecule has 2 heterocycles. The molecule has 0 bridgehead atoms. The van der Waals surface area contributed by atoms with Crippen molar-refractivity contribution in [3.05, 3.63) is 59.7 Å². The number of hydrogen-bond acceptors (Lipinski definition) is 4. The van der Waals surface area contributed by atoms with Crippen LogP contribution in [0.25, 0.3) is 0 Å². The van der Waals surface area contributed by atoms with Crippen molar-refractivity contribution in [3.63, 3.8) is 0 Å². The Morgan fingerprint density at radius 2 is 1.69 bits per heavy atom. The number of rotatable bonds is 7. The smallest absolute Gasteiger partial charge is 0.224 e. The highest BCUT2D eigenvalue weighted by molar-refractivity contribution is 5.78. The number of piperidine rings is 1. The molecule has 1 atom stereocenters. The SMILES string of the molecule is O=C(Cc1ccc2c(c1)OCCO2)NCC(Cc1ccccc1)N1CCCCC1. The molecule has 29 heavy (non-hydrogen) atoms. The monoisotopic (exact) mass is 394 g/mol. The fourth-order valence-corrected chi connectivity index (χ4v) is 4.18. The molecule has 1 unspecified atom stereocenters. The van der Waals surface area contributed by atoms with Crippen molar-refractivity contribution in [1.82, 2.24) is 10.2 Å². The van der Waals surface area contributed by atoms with E-state index < -0.39 is 0 Å². The van der Waals surface area contributed by atoms with Crippen LogP contribution < -0.4 is 14.8 Å². The van der Waals surface area contributed by atoms with Crippen molar-refractivity contribution in [1.29, 1.82) is 0 Å². The van der Waals surface area contributed by atoms with Gasteiger partial charge in [-0.25, -0.2) is 0 Å². The van der Waals surface area contributed by atoms with Crippen LogP contribution in [0.2, 0.25) is 0 Å². The highest BCUT2D eigenvalue weighted by Gasteiger charge is 2.22. The minimum Gasteiger partial charge on any atom is -0.486 e. The predicted octanol–water partition coefficient (Wildman–Crippen LogP) is 3.21. The molecule has 2 aromatic carbocycles. The Morgan fingerprint density at radius 3 is 2.48 bits per heavy atom. The third kappa shape index (κ3) is 5.51.